The van der Waals surface area contributed by atoms with Crippen molar-refractivity contribution < 1.29 is 14.3 Å². The molecule has 1 amide bonds. The minimum absolute atomic E-state index is 0.176. The highest BCUT2D eigenvalue weighted by Crippen LogP contribution is 2.21. The molecule has 0 spiro atoms. The van der Waals surface area contributed by atoms with Crippen molar-refractivity contribution in [3.05, 3.63) is 0 Å². The Morgan fingerprint density at radius 1 is 1.29 bits per heavy atom. The topological polar surface area (TPSA) is 42.0 Å². The molecule has 0 bridgehead atoms. The van der Waals surface area contributed by atoms with Gasteiger partial charge in [0.15, 0.2) is 0 Å². The van der Waals surface area contributed by atoms with Crippen molar-refractivity contribution in [3.8, 4) is 0 Å². The standard InChI is InChI=1S/C16H30N2O3/c1-16(2,3)21-15(19)18-8-5-14(12-18)17(4)11-13-6-9-20-10-7-13/h13-14H,5-12H2,1-4H3/t14-/m0/s1. The van der Waals surface area contributed by atoms with Crippen molar-refractivity contribution in [2.75, 3.05) is 39.9 Å². The molecule has 0 saturated carbocycles. The van der Waals surface area contributed by atoms with Crippen LogP contribution in [0.3, 0.4) is 0 Å². The summed E-state index contributed by atoms with van der Waals surface area (Å²) in [6, 6.07) is 0.459. The summed E-state index contributed by atoms with van der Waals surface area (Å²) in [7, 11) is 2.18. The average molecular weight is 298 g/mol. The summed E-state index contributed by atoms with van der Waals surface area (Å²) >= 11 is 0. The van der Waals surface area contributed by atoms with Gasteiger partial charge in [0.05, 0.1) is 0 Å². The number of ether oxygens (including phenoxy) is 2. The molecule has 2 saturated heterocycles. The van der Waals surface area contributed by atoms with Crippen LogP contribution in [0.2, 0.25) is 0 Å². The van der Waals surface area contributed by atoms with Crippen LogP contribution in [0.25, 0.3) is 0 Å². The minimum Gasteiger partial charge on any atom is -0.444 e. The van der Waals surface area contributed by atoms with Gasteiger partial charge in [-0.15, -0.1) is 0 Å². The summed E-state index contributed by atoms with van der Waals surface area (Å²) in [6.07, 6.45) is 3.18. The Bertz CT molecular complexity index is 348. The van der Waals surface area contributed by atoms with Crippen molar-refractivity contribution >= 4 is 6.09 Å². The highest BCUT2D eigenvalue weighted by Gasteiger charge is 2.32. The summed E-state index contributed by atoms with van der Waals surface area (Å²) in [5.41, 5.74) is -0.414. The van der Waals surface area contributed by atoms with E-state index in [0.29, 0.717) is 6.04 Å². The van der Waals surface area contributed by atoms with E-state index in [1.54, 1.807) is 0 Å². The van der Waals surface area contributed by atoms with E-state index in [0.717, 1.165) is 58.0 Å². The third-order valence-corrected chi connectivity index (χ3v) is 4.33. The van der Waals surface area contributed by atoms with Gasteiger partial charge in [-0.3, -0.25) is 0 Å². The van der Waals surface area contributed by atoms with Crippen molar-refractivity contribution in [1.82, 2.24) is 9.80 Å². The van der Waals surface area contributed by atoms with Crippen molar-refractivity contribution in [2.45, 2.75) is 51.7 Å². The van der Waals surface area contributed by atoms with Crippen molar-refractivity contribution in [2.24, 2.45) is 5.92 Å². The molecule has 21 heavy (non-hydrogen) atoms. The van der Waals surface area contributed by atoms with Gasteiger partial charge in [0.2, 0.25) is 0 Å². The molecular formula is C16H30N2O3. The molecule has 2 aliphatic rings. The molecule has 1 atom stereocenters. The quantitative estimate of drug-likeness (QED) is 0.802. The number of likely N-dealkylation sites (tertiary alicyclic amines) is 1. The van der Waals surface area contributed by atoms with Gasteiger partial charge in [-0.05, 0) is 53.0 Å². The first-order valence-corrected chi connectivity index (χ1v) is 8.11. The van der Waals surface area contributed by atoms with E-state index >= 15 is 0 Å². The third kappa shape index (κ3) is 5.15. The molecule has 122 valence electrons. The van der Waals surface area contributed by atoms with Crippen LogP contribution in [0, 0.1) is 5.92 Å². The molecule has 0 aromatic rings. The number of nitrogens with zero attached hydrogens (tertiary/aromatic N) is 2. The zero-order chi connectivity index (χ0) is 15.5. The minimum atomic E-state index is -0.414. The summed E-state index contributed by atoms with van der Waals surface area (Å²) < 4.78 is 10.9. The fourth-order valence-corrected chi connectivity index (χ4v) is 3.08. The fraction of sp³-hybridized carbons (Fsp3) is 0.938. The zero-order valence-electron chi connectivity index (χ0n) is 13.9. The molecule has 0 aromatic heterocycles. The Hall–Kier alpha value is -0.810. The van der Waals surface area contributed by atoms with Gasteiger partial charge in [-0.1, -0.05) is 0 Å². The number of carbonyl (C=O) groups excluding carboxylic acids is 1. The number of hydrogen-bond acceptors (Lipinski definition) is 4. The molecule has 5 heteroatoms. The molecule has 0 N–H and O–H groups in total. The molecular weight excluding hydrogens is 268 g/mol. The number of rotatable bonds is 3. The molecule has 0 unspecified atom stereocenters. The maximum Gasteiger partial charge on any atom is 0.410 e. The lowest BCUT2D eigenvalue weighted by atomic mass is 9.99. The Balaban J connectivity index is 1.77. The summed E-state index contributed by atoms with van der Waals surface area (Å²) in [5, 5.41) is 0. The number of carbonyl (C=O) groups is 1. The Kier molecular flexibility index (Phi) is 5.49. The first kappa shape index (κ1) is 16.6. The van der Waals surface area contributed by atoms with Crippen LogP contribution in [0.1, 0.15) is 40.0 Å². The van der Waals surface area contributed by atoms with E-state index in [1.807, 2.05) is 25.7 Å². The van der Waals surface area contributed by atoms with Gasteiger partial charge in [0.1, 0.15) is 5.60 Å². The second kappa shape index (κ2) is 6.97. The molecule has 2 aliphatic heterocycles. The summed E-state index contributed by atoms with van der Waals surface area (Å²) in [4.78, 5) is 16.3. The Morgan fingerprint density at radius 2 is 1.95 bits per heavy atom. The van der Waals surface area contributed by atoms with Gasteiger partial charge in [-0.25, -0.2) is 4.79 Å². The first-order valence-electron chi connectivity index (χ1n) is 8.11. The maximum atomic E-state index is 12.1. The lowest BCUT2D eigenvalue weighted by Gasteiger charge is -2.31. The lowest BCUT2D eigenvalue weighted by Crippen LogP contribution is -2.41. The van der Waals surface area contributed by atoms with E-state index in [2.05, 4.69) is 11.9 Å². The predicted molar refractivity (Wildman–Crippen MR) is 82.4 cm³/mol. The van der Waals surface area contributed by atoms with E-state index in [9.17, 15) is 4.79 Å². The van der Waals surface area contributed by atoms with Gasteiger partial charge < -0.3 is 19.3 Å². The van der Waals surface area contributed by atoms with Gasteiger partial charge in [-0.2, -0.15) is 0 Å². The number of likely N-dealkylation sites (N-methyl/N-ethyl adjacent to an activating group) is 1. The van der Waals surface area contributed by atoms with Crippen LogP contribution in [-0.2, 0) is 9.47 Å². The molecule has 2 fully saturated rings. The highest BCUT2D eigenvalue weighted by atomic mass is 16.6. The Morgan fingerprint density at radius 3 is 2.57 bits per heavy atom. The van der Waals surface area contributed by atoms with Crippen molar-refractivity contribution in [1.29, 1.82) is 0 Å². The second-order valence-electron chi connectivity index (χ2n) is 7.36. The third-order valence-electron chi connectivity index (χ3n) is 4.33. The van der Waals surface area contributed by atoms with Gasteiger partial charge in [0.25, 0.3) is 0 Å². The smallest absolute Gasteiger partial charge is 0.410 e. The number of amides is 1. The normalized spacial score (nSPS) is 24.6. The SMILES string of the molecule is CN(CC1CCOCC1)[C@H]1CCN(C(=O)OC(C)(C)C)C1. The van der Waals surface area contributed by atoms with E-state index in [4.69, 9.17) is 9.47 Å². The molecule has 2 rings (SSSR count). The van der Waals surface area contributed by atoms with E-state index in [-0.39, 0.29) is 6.09 Å². The van der Waals surface area contributed by atoms with Gasteiger partial charge in [0, 0.05) is 38.9 Å². The summed E-state index contributed by atoms with van der Waals surface area (Å²) in [6.45, 7) is 10.2. The number of hydrogen-bond donors (Lipinski definition) is 0. The predicted octanol–water partition coefficient (Wildman–Crippen LogP) is 2.35. The monoisotopic (exact) mass is 298 g/mol. The molecule has 0 aromatic carbocycles. The zero-order valence-corrected chi connectivity index (χ0v) is 13.9. The lowest BCUT2D eigenvalue weighted by molar-refractivity contribution is 0.0273. The van der Waals surface area contributed by atoms with Crippen LogP contribution in [0.15, 0.2) is 0 Å². The van der Waals surface area contributed by atoms with Gasteiger partial charge >= 0.3 is 6.09 Å². The summed E-state index contributed by atoms with van der Waals surface area (Å²) in [5.74, 6) is 0.735. The maximum absolute atomic E-state index is 12.1. The average Bonchev–Trinajstić information content (AvgIpc) is 2.87. The van der Waals surface area contributed by atoms with Crippen molar-refractivity contribution in [3.63, 3.8) is 0 Å². The van der Waals surface area contributed by atoms with Crippen LogP contribution in [0.4, 0.5) is 4.79 Å². The molecule has 0 radical (unpaired) electrons. The first-order chi connectivity index (χ1) is 9.85. The molecule has 5 nitrogen and oxygen atoms in total. The van der Waals surface area contributed by atoms with E-state index < -0.39 is 5.60 Å². The fourth-order valence-electron chi connectivity index (χ4n) is 3.08. The van der Waals surface area contributed by atoms with E-state index in [1.165, 1.54) is 0 Å². The van der Waals surface area contributed by atoms with Crippen LogP contribution >= 0.6 is 0 Å². The molecule has 0 aliphatic carbocycles. The van der Waals surface area contributed by atoms with Crippen LogP contribution in [-0.4, -0.2) is 67.4 Å². The highest BCUT2D eigenvalue weighted by molar-refractivity contribution is 5.68. The van der Waals surface area contributed by atoms with Crippen LogP contribution < -0.4 is 0 Å². The Labute approximate surface area is 128 Å². The van der Waals surface area contributed by atoms with Crippen LogP contribution in [0.5, 0.6) is 0 Å². The largest absolute Gasteiger partial charge is 0.444 e. The second-order valence-corrected chi connectivity index (χ2v) is 7.36. The molecule has 2 heterocycles.